The van der Waals surface area contributed by atoms with E-state index < -0.39 is 10.0 Å². The fourth-order valence-electron chi connectivity index (χ4n) is 2.32. The minimum Gasteiger partial charge on any atom is -0.348 e. The second-order valence-electron chi connectivity index (χ2n) is 6.21. The van der Waals surface area contributed by atoms with Gasteiger partial charge in [0.25, 0.3) is 5.91 Å². The maximum absolute atomic E-state index is 12.5. The Balaban J connectivity index is 1.75. The van der Waals surface area contributed by atoms with Gasteiger partial charge < -0.3 is 5.32 Å². The van der Waals surface area contributed by atoms with Crippen molar-refractivity contribution in [3.05, 3.63) is 63.6 Å². The van der Waals surface area contributed by atoms with E-state index in [1.807, 2.05) is 31.2 Å². The van der Waals surface area contributed by atoms with E-state index >= 15 is 0 Å². The largest absolute Gasteiger partial charge is 0.348 e. The molecular formula is C18H19BrN2O3S. The van der Waals surface area contributed by atoms with Crippen LogP contribution >= 0.6 is 15.9 Å². The fraction of sp³-hybridized carbons (Fsp3) is 0.278. The summed E-state index contributed by atoms with van der Waals surface area (Å²) in [6.07, 6.45) is 1.72. The van der Waals surface area contributed by atoms with E-state index in [9.17, 15) is 13.2 Å². The molecule has 1 fully saturated rings. The Kier molecular flexibility index (Phi) is 5.27. The number of hydrogen-bond acceptors (Lipinski definition) is 3. The van der Waals surface area contributed by atoms with Crippen LogP contribution in [0.4, 0.5) is 0 Å². The molecule has 1 aliphatic rings. The van der Waals surface area contributed by atoms with E-state index in [1.165, 1.54) is 12.1 Å². The Hall–Kier alpha value is -1.70. The van der Waals surface area contributed by atoms with Crippen LogP contribution in [0.2, 0.25) is 0 Å². The van der Waals surface area contributed by atoms with Gasteiger partial charge in [0.1, 0.15) is 0 Å². The molecule has 2 N–H and O–H groups in total. The van der Waals surface area contributed by atoms with Gasteiger partial charge in [0, 0.05) is 17.1 Å². The van der Waals surface area contributed by atoms with E-state index in [0.29, 0.717) is 16.6 Å². The number of nitrogens with one attached hydrogen (secondary N) is 2. The first kappa shape index (κ1) is 18.1. The van der Waals surface area contributed by atoms with Gasteiger partial charge in [-0.1, -0.05) is 29.8 Å². The lowest BCUT2D eigenvalue weighted by molar-refractivity contribution is 0.0950. The summed E-state index contributed by atoms with van der Waals surface area (Å²) in [5.41, 5.74) is 2.43. The molecule has 0 bridgehead atoms. The number of carbonyl (C=O) groups is 1. The van der Waals surface area contributed by atoms with Crippen LogP contribution in [0.15, 0.2) is 51.8 Å². The Morgan fingerprint density at radius 3 is 2.48 bits per heavy atom. The average molecular weight is 423 g/mol. The molecule has 0 radical (unpaired) electrons. The molecule has 2 aromatic carbocycles. The second kappa shape index (κ2) is 7.27. The van der Waals surface area contributed by atoms with Crippen molar-refractivity contribution in [3.63, 3.8) is 0 Å². The van der Waals surface area contributed by atoms with Gasteiger partial charge >= 0.3 is 0 Å². The lowest BCUT2D eigenvalue weighted by atomic mass is 10.1. The van der Waals surface area contributed by atoms with Crippen molar-refractivity contribution in [2.45, 2.75) is 37.2 Å². The zero-order valence-electron chi connectivity index (χ0n) is 13.8. The molecule has 25 heavy (non-hydrogen) atoms. The van der Waals surface area contributed by atoms with Crippen LogP contribution in [-0.2, 0) is 16.6 Å². The van der Waals surface area contributed by atoms with Crippen molar-refractivity contribution in [2.75, 3.05) is 0 Å². The van der Waals surface area contributed by atoms with Crippen molar-refractivity contribution in [1.82, 2.24) is 10.0 Å². The number of amides is 1. The average Bonchev–Trinajstić information content (AvgIpc) is 3.37. The standard InChI is InChI=1S/C18H19BrN2O3S/c1-12-2-4-13(5-3-12)11-20-18(22)16-10-15(8-9-17(16)19)25(23,24)21-14-6-7-14/h2-5,8-10,14,21H,6-7,11H2,1H3,(H,20,22). The van der Waals surface area contributed by atoms with E-state index in [2.05, 4.69) is 26.0 Å². The third-order valence-electron chi connectivity index (χ3n) is 3.97. The molecule has 1 amide bonds. The van der Waals surface area contributed by atoms with Gasteiger partial charge in [-0.25, -0.2) is 13.1 Å². The first-order chi connectivity index (χ1) is 11.8. The van der Waals surface area contributed by atoms with Crippen molar-refractivity contribution >= 4 is 31.9 Å². The summed E-state index contributed by atoms with van der Waals surface area (Å²) in [7, 11) is -3.59. The second-order valence-corrected chi connectivity index (χ2v) is 8.77. The third-order valence-corrected chi connectivity index (χ3v) is 6.18. The molecule has 0 heterocycles. The van der Waals surface area contributed by atoms with Crippen LogP contribution < -0.4 is 10.0 Å². The topological polar surface area (TPSA) is 75.3 Å². The number of benzene rings is 2. The maximum atomic E-state index is 12.5. The molecule has 0 saturated heterocycles. The summed E-state index contributed by atoms with van der Waals surface area (Å²) >= 11 is 3.32. The number of hydrogen-bond donors (Lipinski definition) is 2. The van der Waals surface area contributed by atoms with Gasteiger partial charge in [-0.2, -0.15) is 0 Å². The molecule has 1 saturated carbocycles. The molecule has 0 aromatic heterocycles. The quantitative estimate of drug-likeness (QED) is 0.750. The Morgan fingerprint density at radius 1 is 1.16 bits per heavy atom. The molecule has 7 heteroatoms. The van der Waals surface area contributed by atoms with E-state index in [4.69, 9.17) is 0 Å². The van der Waals surface area contributed by atoms with E-state index in [0.717, 1.165) is 24.0 Å². The predicted molar refractivity (Wildman–Crippen MR) is 99.8 cm³/mol. The van der Waals surface area contributed by atoms with Gasteiger partial charge in [0.15, 0.2) is 0 Å². The Labute approximate surface area is 156 Å². The predicted octanol–water partition coefficient (Wildman–Crippen LogP) is 3.13. The molecule has 5 nitrogen and oxygen atoms in total. The fourth-order valence-corrected chi connectivity index (χ4v) is 4.08. The molecule has 0 spiro atoms. The monoisotopic (exact) mass is 422 g/mol. The summed E-state index contributed by atoms with van der Waals surface area (Å²) < 4.78 is 27.8. The van der Waals surface area contributed by atoms with Crippen LogP contribution in [0.3, 0.4) is 0 Å². The Morgan fingerprint density at radius 2 is 1.84 bits per heavy atom. The van der Waals surface area contributed by atoms with E-state index in [1.54, 1.807) is 6.07 Å². The third kappa shape index (κ3) is 4.68. The summed E-state index contributed by atoms with van der Waals surface area (Å²) in [6, 6.07) is 12.4. The van der Waals surface area contributed by atoms with Crippen LogP contribution in [-0.4, -0.2) is 20.4 Å². The number of halogens is 1. The van der Waals surface area contributed by atoms with Crippen LogP contribution in [0.25, 0.3) is 0 Å². The summed E-state index contributed by atoms with van der Waals surface area (Å²) in [6.45, 7) is 2.38. The molecular weight excluding hydrogens is 404 g/mol. The van der Waals surface area contributed by atoms with Gasteiger partial charge in [-0.3, -0.25) is 4.79 Å². The highest BCUT2D eigenvalue weighted by Crippen LogP contribution is 2.25. The summed E-state index contributed by atoms with van der Waals surface area (Å²) in [4.78, 5) is 12.6. The van der Waals surface area contributed by atoms with Crippen LogP contribution in [0.5, 0.6) is 0 Å². The lowest BCUT2D eigenvalue weighted by Gasteiger charge is -2.10. The Bertz CT molecular complexity index is 891. The zero-order chi connectivity index (χ0) is 18.0. The van der Waals surface area contributed by atoms with Crippen molar-refractivity contribution in [3.8, 4) is 0 Å². The zero-order valence-corrected chi connectivity index (χ0v) is 16.2. The van der Waals surface area contributed by atoms with Gasteiger partial charge in [-0.15, -0.1) is 0 Å². The number of rotatable bonds is 6. The lowest BCUT2D eigenvalue weighted by Crippen LogP contribution is -2.27. The van der Waals surface area contributed by atoms with E-state index in [-0.39, 0.29) is 16.8 Å². The molecule has 2 aromatic rings. The number of aryl methyl sites for hydroxylation is 1. The van der Waals surface area contributed by atoms with Gasteiger partial charge in [0.05, 0.1) is 10.5 Å². The number of carbonyl (C=O) groups excluding carboxylic acids is 1. The minimum atomic E-state index is -3.59. The molecule has 0 unspecified atom stereocenters. The van der Waals surface area contributed by atoms with Crippen molar-refractivity contribution in [2.24, 2.45) is 0 Å². The molecule has 1 aliphatic carbocycles. The van der Waals surface area contributed by atoms with Gasteiger partial charge in [-0.05, 0) is 59.5 Å². The smallest absolute Gasteiger partial charge is 0.252 e. The highest BCUT2D eigenvalue weighted by atomic mass is 79.9. The first-order valence-corrected chi connectivity index (χ1v) is 10.3. The molecule has 0 aliphatic heterocycles. The normalized spacial score (nSPS) is 14.3. The van der Waals surface area contributed by atoms with Crippen molar-refractivity contribution < 1.29 is 13.2 Å². The minimum absolute atomic E-state index is 0.0208. The highest BCUT2D eigenvalue weighted by molar-refractivity contribution is 9.10. The summed E-state index contributed by atoms with van der Waals surface area (Å²) in [5.74, 6) is -0.323. The SMILES string of the molecule is Cc1ccc(CNC(=O)c2cc(S(=O)(=O)NC3CC3)ccc2Br)cc1. The van der Waals surface area contributed by atoms with Crippen LogP contribution in [0.1, 0.15) is 34.3 Å². The molecule has 132 valence electrons. The molecule has 0 atom stereocenters. The molecule has 3 rings (SSSR count). The number of sulfonamides is 1. The van der Waals surface area contributed by atoms with Crippen molar-refractivity contribution in [1.29, 1.82) is 0 Å². The summed E-state index contributed by atoms with van der Waals surface area (Å²) in [5, 5.41) is 2.82. The maximum Gasteiger partial charge on any atom is 0.252 e. The first-order valence-electron chi connectivity index (χ1n) is 8.01. The highest BCUT2D eigenvalue weighted by Gasteiger charge is 2.28. The van der Waals surface area contributed by atoms with Gasteiger partial charge in [0.2, 0.25) is 10.0 Å². The van der Waals surface area contributed by atoms with Crippen LogP contribution in [0, 0.1) is 6.92 Å².